The molecule has 5 nitrogen and oxygen atoms in total. The van der Waals surface area contributed by atoms with Crippen molar-refractivity contribution >= 4 is 33.3 Å². The zero-order chi connectivity index (χ0) is 20.6. The molecule has 0 spiro atoms. The number of amides is 1. The Bertz CT molecular complexity index is 985. The zero-order valence-electron chi connectivity index (χ0n) is 15.9. The van der Waals surface area contributed by atoms with Crippen molar-refractivity contribution in [2.45, 2.75) is 6.92 Å². The van der Waals surface area contributed by atoms with E-state index in [1.807, 2.05) is 6.92 Å². The molecule has 0 aliphatic rings. The van der Waals surface area contributed by atoms with Crippen molar-refractivity contribution in [3.8, 4) is 11.5 Å². The molecule has 0 fully saturated rings. The number of rotatable bonds is 8. The molecule has 0 bridgehead atoms. The number of carbonyl (C=O) groups is 2. The maximum absolute atomic E-state index is 12.7. The summed E-state index contributed by atoms with van der Waals surface area (Å²) in [6, 6.07) is 21.0. The van der Waals surface area contributed by atoms with Crippen LogP contribution in [0.2, 0.25) is 0 Å². The summed E-state index contributed by atoms with van der Waals surface area (Å²) < 4.78 is 11.9. The zero-order valence-corrected chi connectivity index (χ0v) is 17.4. The van der Waals surface area contributed by atoms with E-state index in [0.717, 1.165) is 10.2 Å². The van der Waals surface area contributed by atoms with Crippen LogP contribution < -0.4 is 14.8 Å². The quantitative estimate of drug-likeness (QED) is 0.466. The van der Waals surface area contributed by atoms with Crippen LogP contribution in [0.25, 0.3) is 0 Å². The summed E-state index contributed by atoms with van der Waals surface area (Å²) in [5.74, 6) is 0.599. The van der Waals surface area contributed by atoms with Gasteiger partial charge in [-0.25, -0.2) is 0 Å². The number of benzene rings is 3. The molecular formula is C23H20BrNO4. The van der Waals surface area contributed by atoms with Gasteiger partial charge in [0.25, 0.3) is 5.91 Å². The molecule has 6 heteroatoms. The van der Waals surface area contributed by atoms with Crippen molar-refractivity contribution in [2.24, 2.45) is 0 Å². The number of halogens is 1. The van der Waals surface area contributed by atoms with Gasteiger partial charge in [0.05, 0.1) is 12.2 Å². The van der Waals surface area contributed by atoms with Crippen LogP contribution in [0.4, 0.5) is 5.69 Å². The molecule has 3 aromatic carbocycles. The molecule has 29 heavy (non-hydrogen) atoms. The molecule has 0 unspecified atom stereocenters. The van der Waals surface area contributed by atoms with Gasteiger partial charge in [-0.3, -0.25) is 9.59 Å². The molecule has 0 saturated carbocycles. The molecular weight excluding hydrogens is 434 g/mol. The number of ether oxygens (including phenoxy) is 2. The van der Waals surface area contributed by atoms with Crippen LogP contribution >= 0.6 is 15.9 Å². The first-order valence-corrected chi connectivity index (χ1v) is 9.91. The summed E-state index contributed by atoms with van der Waals surface area (Å²) in [4.78, 5) is 25.0. The van der Waals surface area contributed by atoms with E-state index in [0.29, 0.717) is 29.2 Å². The van der Waals surface area contributed by atoms with E-state index in [-0.39, 0.29) is 18.3 Å². The van der Waals surface area contributed by atoms with Crippen LogP contribution in [0, 0.1) is 0 Å². The number of hydrogen-bond donors (Lipinski definition) is 1. The summed E-state index contributed by atoms with van der Waals surface area (Å²) in [5.41, 5.74) is 1.54. The van der Waals surface area contributed by atoms with Crippen molar-refractivity contribution in [1.82, 2.24) is 0 Å². The summed E-state index contributed by atoms with van der Waals surface area (Å²) in [5, 5.41) is 2.83. The molecule has 0 aliphatic heterocycles. The lowest BCUT2D eigenvalue weighted by atomic mass is 10.1. The van der Waals surface area contributed by atoms with Gasteiger partial charge in [-0.05, 0) is 55.5 Å². The van der Waals surface area contributed by atoms with Gasteiger partial charge in [-0.2, -0.15) is 0 Å². The topological polar surface area (TPSA) is 64.6 Å². The van der Waals surface area contributed by atoms with Crippen molar-refractivity contribution in [1.29, 1.82) is 0 Å². The lowest BCUT2D eigenvalue weighted by molar-refractivity contribution is 0.0914. The molecule has 3 rings (SSSR count). The lowest BCUT2D eigenvalue weighted by Crippen LogP contribution is -2.16. The summed E-state index contributed by atoms with van der Waals surface area (Å²) in [7, 11) is 0. The Morgan fingerprint density at radius 2 is 1.59 bits per heavy atom. The van der Waals surface area contributed by atoms with Crippen molar-refractivity contribution in [3.05, 3.63) is 88.4 Å². The third-order valence-corrected chi connectivity index (χ3v) is 4.61. The Morgan fingerprint density at radius 3 is 2.28 bits per heavy atom. The minimum Gasteiger partial charge on any atom is -0.494 e. The predicted molar refractivity (Wildman–Crippen MR) is 116 cm³/mol. The molecule has 0 heterocycles. The third-order valence-electron chi connectivity index (χ3n) is 4.08. The molecule has 148 valence electrons. The second-order valence-electron chi connectivity index (χ2n) is 6.13. The molecule has 0 saturated heterocycles. The highest BCUT2D eigenvalue weighted by atomic mass is 79.9. The summed E-state index contributed by atoms with van der Waals surface area (Å²) >= 11 is 3.34. The van der Waals surface area contributed by atoms with Gasteiger partial charge in [0.2, 0.25) is 0 Å². The Kier molecular flexibility index (Phi) is 7.03. The number of anilines is 1. The number of para-hydroxylation sites is 1. The van der Waals surface area contributed by atoms with Gasteiger partial charge in [0, 0.05) is 15.7 Å². The molecule has 1 amide bonds. The molecule has 0 radical (unpaired) electrons. The van der Waals surface area contributed by atoms with Gasteiger partial charge >= 0.3 is 0 Å². The van der Waals surface area contributed by atoms with E-state index in [4.69, 9.17) is 9.47 Å². The fourth-order valence-electron chi connectivity index (χ4n) is 2.64. The fraction of sp³-hybridized carbons (Fsp3) is 0.130. The van der Waals surface area contributed by atoms with Crippen LogP contribution in [0.3, 0.4) is 0 Å². The van der Waals surface area contributed by atoms with Gasteiger partial charge < -0.3 is 14.8 Å². The first-order valence-electron chi connectivity index (χ1n) is 9.11. The second kappa shape index (κ2) is 9.89. The SMILES string of the molecule is CCOc1ccc(NC(=O)c2ccccc2OCC(=O)c2ccc(Br)cc2)cc1. The van der Waals surface area contributed by atoms with E-state index in [1.165, 1.54) is 0 Å². The highest BCUT2D eigenvalue weighted by molar-refractivity contribution is 9.10. The molecule has 0 aromatic heterocycles. The maximum Gasteiger partial charge on any atom is 0.259 e. The van der Waals surface area contributed by atoms with E-state index in [2.05, 4.69) is 21.2 Å². The van der Waals surface area contributed by atoms with Crippen LogP contribution in [0.5, 0.6) is 11.5 Å². The standard InChI is InChI=1S/C23H20BrNO4/c1-2-28-19-13-11-18(12-14-19)25-23(27)20-5-3-4-6-22(20)29-15-21(26)16-7-9-17(24)10-8-16/h3-14H,2,15H2,1H3,(H,25,27). The normalized spacial score (nSPS) is 10.3. The molecule has 1 N–H and O–H groups in total. The van der Waals surface area contributed by atoms with Crippen molar-refractivity contribution in [3.63, 3.8) is 0 Å². The van der Waals surface area contributed by atoms with E-state index in [1.54, 1.807) is 72.8 Å². The largest absolute Gasteiger partial charge is 0.494 e. The number of hydrogen-bond acceptors (Lipinski definition) is 4. The number of Topliss-reactive ketones (excluding diaryl/α,β-unsaturated/α-hetero) is 1. The Hall–Kier alpha value is -3.12. The molecule has 0 atom stereocenters. The van der Waals surface area contributed by atoms with Gasteiger partial charge in [0.1, 0.15) is 11.5 Å². The van der Waals surface area contributed by atoms with E-state index in [9.17, 15) is 9.59 Å². The van der Waals surface area contributed by atoms with Gasteiger partial charge in [-0.15, -0.1) is 0 Å². The Balaban J connectivity index is 1.66. The van der Waals surface area contributed by atoms with Crippen LogP contribution in [-0.4, -0.2) is 24.9 Å². The van der Waals surface area contributed by atoms with Gasteiger partial charge in [-0.1, -0.05) is 40.2 Å². The fourth-order valence-corrected chi connectivity index (χ4v) is 2.91. The predicted octanol–water partition coefficient (Wildman–Crippen LogP) is 5.36. The van der Waals surface area contributed by atoms with Crippen molar-refractivity contribution in [2.75, 3.05) is 18.5 Å². The average molecular weight is 454 g/mol. The van der Waals surface area contributed by atoms with E-state index >= 15 is 0 Å². The number of ketones is 1. The van der Waals surface area contributed by atoms with Crippen LogP contribution in [-0.2, 0) is 0 Å². The minimum atomic E-state index is -0.319. The highest BCUT2D eigenvalue weighted by Gasteiger charge is 2.14. The smallest absolute Gasteiger partial charge is 0.259 e. The van der Waals surface area contributed by atoms with Crippen LogP contribution in [0.15, 0.2) is 77.3 Å². The average Bonchev–Trinajstić information content (AvgIpc) is 2.74. The maximum atomic E-state index is 12.7. The summed E-state index contributed by atoms with van der Waals surface area (Å²) in [6.07, 6.45) is 0. The second-order valence-corrected chi connectivity index (χ2v) is 7.04. The van der Waals surface area contributed by atoms with Gasteiger partial charge in [0.15, 0.2) is 12.4 Å². The Labute approximate surface area is 177 Å². The Morgan fingerprint density at radius 1 is 0.897 bits per heavy atom. The van der Waals surface area contributed by atoms with Crippen LogP contribution in [0.1, 0.15) is 27.6 Å². The third kappa shape index (κ3) is 5.68. The molecule has 3 aromatic rings. The molecule has 0 aliphatic carbocycles. The first-order chi connectivity index (χ1) is 14.1. The van der Waals surface area contributed by atoms with Crippen molar-refractivity contribution < 1.29 is 19.1 Å². The number of carbonyl (C=O) groups excluding carboxylic acids is 2. The monoisotopic (exact) mass is 453 g/mol. The number of nitrogens with one attached hydrogen (secondary N) is 1. The highest BCUT2D eigenvalue weighted by Crippen LogP contribution is 2.22. The summed E-state index contributed by atoms with van der Waals surface area (Å²) in [6.45, 7) is 2.33. The van der Waals surface area contributed by atoms with E-state index < -0.39 is 0 Å². The first kappa shape index (κ1) is 20.6. The minimum absolute atomic E-state index is 0.158. The lowest BCUT2D eigenvalue weighted by Gasteiger charge is -2.12.